The number of hydrazone groups is 1. The van der Waals surface area contributed by atoms with Gasteiger partial charge in [-0.1, -0.05) is 47.0 Å². The van der Waals surface area contributed by atoms with Gasteiger partial charge in [0.05, 0.1) is 29.1 Å². The van der Waals surface area contributed by atoms with Gasteiger partial charge in [-0.05, 0) is 67.8 Å². The fourth-order valence-corrected chi connectivity index (χ4v) is 3.92. The number of aryl methyl sites for hydroxylation is 3. The molecule has 38 heavy (non-hydrogen) atoms. The van der Waals surface area contributed by atoms with Crippen LogP contribution in [0.5, 0.6) is 11.5 Å². The maximum atomic E-state index is 12.5. The zero-order valence-corrected chi connectivity index (χ0v) is 22.7. The minimum absolute atomic E-state index is 0.117. The smallest absolute Gasteiger partial charge is 0.329 e. The van der Waals surface area contributed by atoms with Crippen LogP contribution in [0.1, 0.15) is 22.3 Å². The summed E-state index contributed by atoms with van der Waals surface area (Å²) >= 11 is 11.9. The summed E-state index contributed by atoms with van der Waals surface area (Å²) in [6.07, 6.45) is 1.32. The summed E-state index contributed by atoms with van der Waals surface area (Å²) < 4.78 is 11.0. The molecular weight excluding hydrogens is 531 g/mol. The second-order valence-electron chi connectivity index (χ2n) is 8.28. The van der Waals surface area contributed by atoms with Crippen LogP contribution in [-0.4, -0.2) is 37.7 Å². The number of anilines is 2. The molecule has 3 amide bonds. The number of nitrogens with one attached hydrogen (secondary N) is 3. The van der Waals surface area contributed by atoms with E-state index in [2.05, 4.69) is 21.2 Å². The molecule has 0 aromatic heterocycles. The monoisotopic (exact) mass is 556 g/mol. The van der Waals surface area contributed by atoms with Gasteiger partial charge in [0.2, 0.25) is 0 Å². The van der Waals surface area contributed by atoms with E-state index >= 15 is 0 Å². The molecule has 3 rings (SSSR count). The minimum Gasteiger partial charge on any atom is -0.493 e. The Kier molecular flexibility index (Phi) is 9.70. The third-order valence-corrected chi connectivity index (χ3v) is 6.09. The van der Waals surface area contributed by atoms with Crippen LogP contribution >= 0.6 is 23.2 Å². The number of rotatable bonds is 8. The Labute approximate surface area is 230 Å². The fourth-order valence-electron chi connectivity index (χ4n) is 3.58. The van der Waals surface area contributed by atoms with Gasteiger partial charge >= 0.3 is 11.8 Å². The van der Waals surface area contributed by atoms with E-state index in [1.807, 2.05) is 32.9 Å². The van der Waals surface area contributed by atoms with Gasteiger partial charge in [0.15, 0.2) is 18.1 Å². The Morgan fingerprint density at radius 3 is 2.32 bits per heavy atom. The molecule has 198 valence electrons. The first kappa shape index (κ1) is 28.5. The number of nitrogens with zero attached hydrogens (tertiary/aromatic N) is 1. The molecular formula is C27H26Cl2N4O5. The highest BCUT2D eigenvalue weighted by atomic mass is 35.5. The van der Waals surface area contributed by atoms with Crippen molar-refractivity contribution in [3.05, 3.63) is 80.8 Å². The van der Waals surface area contributed by atoms with Crippen LogP contribution in [-0.2, 0) is 14.4 Å². The van der Waals surface area contributed by atoms with Crippen molar-refractivity contribution in [2.24, 2.45) is 5.10 Å². The maximum Gasteiger partial charge on any atom is 0.329 e. The van der Waals surface area contributed by atoms with Gasteiger partial charge in [0.1, 0.15) is 0 Å². The molecule has 0 aliphatic rings. The van der Waals surface area contributed by atoms with Crippen molar-refractivity contribution >= 4 is 58.5 Å². The van der Waals surface area contributed by atoms with Crippen molar-refractivity contribution in [2.75, 3.05) is 24.4 Å². The number of hydrogen-bond acceptors (Lipinski definition) is 6. The van der Waals surface area contributed by atoms with Gasteiger partial charge in [-0.3, -0.25) is 14.4 Å². The van der Waals surface area contributed by atoms with Gasteiger partial charge in [0, 0.05) is 5.69 Å². The standard InChI is InChI=1S/C27H26Cl2N4O5/c1-15-10-16(2)25(17(3)11-15)32-23(34)14-38-21-9-8-18(12-22(21)37-4)13-30-33-27(36)26(35)31-20-7-5-6-19(28)24(20)29/h5-13H,14H2,1-4H3,(H,31,35)(H,32,34)(H,33,36)/b30-13-. The summed E-state index contributed by atoms with van der Waals surface area (Å²) in [6, 6.07) is 13.5. The van der Waals surface area contributed by atoms with Crippen LogP contribution in [0.2, 0.25) is 10.0 Å². The lowest BCUT2D eigenvalue weighted by Crippen LogP contribution is -2.32. The van der Waals surface area contributed by atoms with Gasteiger partial charge in [-0.15, -0.1) is 0 Å². The van der Waals surface area contributed by atoms with Gasteiger partial charge in [-0.2, -0.15) is 5.10 Å². The van der Waals surface area contributed by atoms with E-state index in [0.29, 0.717) is 17.1 Å². The Bertz CT molecular complexity index is 1390. The molecule has 11 heteroatoms. The minimum atomic E-state index is -1.01. The molecule has 3 N–H and O–H groups in total. The summed E-state index contributed by atoms with van der Waals surface area (Å²) in [4.78, 5) is 36.6. The number of amides is 3. The quantitative estimate of drug-likeness (QED) is 0.204. The molecule has 0 aliphatic heterocycles. The molecule has 0 radical (unpaired) electrons. The van der Waals surface area contributed by atoms with E-state index in [0.717, 1.165) is 22.4 Å². The third kappa shape index (κ3) is 7.47. The lowest BCUT2D eigenvalue weighted by Gasteiger charge is -2.14. The van der Waals surface area contributed by atoms with Crippen molar-refractivity contribution in [3.63, 3.8) is 0 Å². The molecule has 0 saturated carbocycles. The van der Waals surface area contributed by atoms with Gasteiger partial charge < -0.3 is 20.1 Å². The summed E-state index contributed by atoms with van der Waals surface area (Å²) in [6.45, 7) is 5.64. The van der Waals surface area contributed by atoms with E-state index in [1.54, 1.807) is 30.3 Å². The van der Waals surface area contributed by atoms with Crippen molar-refractivity contribution in [2.45, 2.75) is 20.8 Å². The normalized spacial score (nSPS) is 10.7. The van der Waals surface area contributed by atoms with Crippen molar-refractivity contribution < 1.29 is 23.9 Å². The number of carbonyl (C=O) groups is 3. The zero-order valence-electron chi connectivity index (χ0n) is 21.1. The fraction of sp³-hybridized carbons (Fsp3) is 0.185. The van der Waals surface area contributed by atoms with Crippen molar-refractivity contribution in [1.29, 1.82) is 0 Å². The third-order valence-electron chi connectivity index (χ3n) is 5.27. The number of carbonyl (C=O) groups excluding carboxylic acids is 3. The van der Waals surface area contributed by atoms with Crippen molar-refractivity contribution in [3.8, 4) is 11.5 Å². The molecule has 9 nitrogen and oxygen atoms in total. The number of halogens is 2. The average molecular weight is 557 g/mol. The Balaban J connectivity index is 1.56. The second kappa shape index (κ2) is 12.9. The lowest BCUT2D eigenvalue weighted by molar-refractivity contribution is -0.136. The predicted molar refractivity (Wildman–Crippen MR) is 149 cm³/mol. The summed E-state index contributed by atoms with van der Waals surface area (Å²) in [5.74, 6) is -1.59. The van der Waals surface area contributed by atoms with E-state index in [-0.39, 0.29) is 28.2 Å². The average Bonchev–Trinajstić information content (AvgIpc) is 2.87. The highest BCUT2D eigenvalue weighted by molar-refractivity contribution is 6.45. The van der Waals surface area contributed by atoms with Crippen LogP contribution in [0.15, 0.2) is 53.6 Å². The molecule has 0 heterocycles. The molecule has 0 saturated heterocycles. The Hall–Kier alpha value is -4.08. The summed E-state index contributed by atoms with van der Waals surface area (Å²) in [7, 11) is 1.45. The molecule has 0 bridgehead atoms. The first-order valence-electron chi connectivity index (χ1n) is 11.4. The van der Waals surface area contributed by atoms with Crippen molar-refractivity contribution in [1.82, 2.24) is 5.43 Å². The van der Waals surface area contributed by atoms with Crippen LogP contribution in [0.3, 0.4) is 0 Å². The number of methoxy groups -OCH3 is 1. The number of ether oxygens (including phenoxy) is 2. The Morgan fingerprint density at radius 2 is 1.63 bits per heavy atom. The first-order chi connectivity index (χ1) is 18.1. The van der Waals surface area contributed by atoms with Crippen LogP contribution < -0.4 is 25.5 Å². The molecule has 3 aromatic carbocycles. The highest BCUT2D eigenvalue weighted by Crippen LogP contribution is 2.30. The molecule has 0 fully saturated rings. The molecule has 0 unspecified atom stereocenters. The predicted octanol–water partition coefficient (Wildman–Crippen LogP) is 5.03. The van der Waals surface area contributed by atoms with E-state index < -0.39 is 11.8 Å². The number of benzene rings is 3. The van der Waals surface area contributed by atoms with Crippen LogP contribution in [0.25, 0.3) is 0 Å². The molecule has 0 spiro atoms. The van der Waals surface area contributed by atoms with E-state index in [1.165, 1.54) is 19.4 Å². The zero-order chi connectivity index (χ0) is 27.8. The van der Waals surface area contributed by atoms with Crippen LogP contribution in [0, 0.1) is 20.8 Å². The molecule has 0 atom stereocenters. The second-order valence-corrected chi connectivity index (χ2v) is 9.06. The molecule has 0 aliphatic carbocycles. The van der Waals surface area contributed by atoms with E-state index in [4.69, 9.17) is 32.7 Å². The number of hydrogen-bond donors (Lipinski definition) is 3. The first-order valence-corrected chi connectivity index (χ1v) is 12.1. The van der Waals surface area contributed by atoms with Gasteiger partial charge in [0.25, 0.3) is 5.91 Å². The van der Waals surface area contributed by atoms with Crippen LogP contribution in [0.4, 0.5) is 11.4 Å². The maximum absolute atomic E-state index is 12.5. The summed E-state index contributed by atoms with van der Waals surface area (Å²) in [5.41, 5.74) is 6.68. The SMILES string of the molecule is COc1cc(/C=N\NC(=O)C(=O)Nc2cccc(Cl)c2Cl)ccc1OCC(=O)Nc1c(C)cc(C)cc1C. The topological polar surface area (TPSA) is 118 Å². The van der Waals surface area contributed by atoms with E-state index in [9.17, 15) is 14.4 Å². The molecule has 3 aromatic rings. The van der Waals surface area contributed by atoms with Gasteiger partial charge in [-0.25, -0.2) is 5.43 Å². The highest BCUT2D eigenvalue weighted by Gasteiger charge is 2.16. The Morgan fingerprint density at radius 1 is 0.921 bits per heavy atom. The lowest BCUT2D eigenvalue weighted by atomic mass is 10.1. The largest absolute Gasteiger partial charge is 0.493 e. The summed E-state index contributed by atoms with van der Waals surface area (Å²) in [5, 5.41) is 9.38.